The highest BCUT2D eigenvalue weighted by atomic mass is 32.2. The van der Waals surface area contributed by atoms with Crippen molar-refractivity contribution in [1.29, 1.82) is 0 Å². The molecule has 0 aromatic heterocycles. The van der Waals surface area contributed by atoms with Crippen LogP contribution < -0.4 is 10.5 Å². The Balaban J connectivity index is 2.58. The van der Waals surface area contributed by atoms with Gasteiger partial charge in [-0.25, -0.2) is 13.1 Å². The number of benzene rings is 1. The normalized spacial score (nSPS) is 12.0. The number of sulfonamides is 1. The van der Waals surface area contributed by atoms with E-state index in [9.17, 15) is 8.42 Å². The summed E-state index contributed by atoms with van der Waals surface area (Å²) in [5.74, 6) is 0. The molecule has 0 amide bonds. The molecule has 114 valence electrons. The van der Waals surface area contributed by atoms with Crippen LogP contribution in [0.4, 0.5) is 0 Å². The Bertz CT molecular complexity index is 486. The van der Waals surface area contributed by atoms with Gasteiger partial charge in [-0.2, -0.15) is 0 Å². The van der Waals surface area contributed by atoms with Gasteiger partial charge in [0, 0.05) is 13.1 Å². The van der Waals surface area contributed by atoms with Gasteiger partial charge in [-0.3, -0.25) is 0 Å². The third-order valence-electron chi connectivity index (χ3n) is 3.23. The van der Waals surface area contributed by atoms with Gasteiger partial charge in [0.05, 0.1) is 4.90 Å². The van der Waals surface area contributed by atoms with Crippen molar-refractivity contribution in [2.75, 3.05) is 33.2 Å². The number of rotatable bonds is 9. The van der Waals surface area contributed by atoms with E-state index in [0.29, 0.717) is 24.5 Å². The van der Waals surface area contributed by atoms with E-state index in [0.717, 1.165) is 24.9 Å². The van der Waals surface area contributed by atoms with Crippen LogP contribution in [0, 0.1) is 0 Å². The molecule has 0 saturated heterocycles. The van der Waals surface area contributed by atoms with E-state index < -0.39 is 10.0 Å². The van der Waals surface area contributed by atoms with E-state index in [1.165, 1.54) is 0 Å². The minimum absolute atomic E-state index is 0.313. The maximum atomic E-state index is 12.1. The van der Waals surface area contributed by atoms with Crippen molar-refractivity contribution >= 4 is 10.0 Å². The molecule has 0 saturated carbocycles. The molecule has 1 rings (SSSR count). The summed E-state index contributed by atoms with van der Waals surface area (Å²) < 4.78 is 26.8. The van der Waals surface area contributed by atoms with E-state index in [1.54, 1.807) is 12.1 Å². The second-order valence-electron chi connectivity index (χ2n) is 4.83. The van der Waals surface area contributed by atoms with Gasteiger partial charge in [0.25, 0.3) is 0 Å². The van der Waals surface area contributed by atoms with Gasteiger partial charge in [0.2, 0.25) is 10.0 Å². The predicted octanol–water partition coefficient (Wildman–Crippen LogP) is 0.808. The van der Waals surface area contributed by atoms with Crippen LogP contribution in [0.3, 0.4) is 0 Å². The van der Waals surface area contributed by atoms with Crippen molar-refractivity contribution in [3.8, 4) is 0 Å². The van der Waals surface area contributed by atoms with Crippen LogP contribution in [-0.4, -0.2) is 46.5 Å². The first kappa shape index (κ1) is 17.1. The van der Waals surface area contributed by atoms with Gasteiger partial charge < -0.3 is 10.6 Å². The van der Waals surface area contributed by atoms with Gasteiger partial charge in [-0.15, -0.1) is 0 Å². The van der Waals surface area contributed by atoms with Crippen LogP contribution >= 0.6 is 0 Å². The molecule has 0 aliphatic rings. The number of nitrogens with one attached hydrogen (secondary N) is 1. The second kappa shape index (κ2) is 8.36. The van der Waals surface area contributed by atoms with E-state index in [2.05, 4.69) is 9.62 Å². The van der Waals surface area contributed by atoms with E-state index in [-0.39, 0.29) is 0 Å². The molecule has 0 fully saturated rings. The Morgan fingerprint density at radius 3 is 2.45 bits per heavy atom. The first-order chi connectivity index (χ1) is 9.49. The lowest BCUT2D eigenvalue weighted by Crippen LogP contribution is -2.32. The topological polar surface area (TPSA) is 75.4 Å². The number of nitrogens with two attached hydrogens (primary N) is 1. The predicted molar refractivity (Wildman–Crippen MR) is 82.2 cm³/mol. The summed E-state index contributed by atoms with van der Waals surface area (Å²) in [7, 11) is -1.44. The zero-order valence-electron chi connectivity index (χ0n) is 12.3. The largest absolute Gasteiger partial charge is 0.330 e. The summed E-state index contributed by atoms with van der Waals surface area (Å²) >= 11 is 0. The highest BCUT2D eigenvalue weighted by Gasteiger charge is 2.13. The lowest BCUT2D eigenvalue weighted by Gasteiger charge is -2.14. The van der Waals surface area contributed by atoms with Crippen LogP contribution in [0.2, 0.25) is 0 Å². The number of likely N-dealkylation sites (N-methyl/N-ethyl adjacent to an activating group) is 1. The van der Waals surface area contributed by atoms with E-state index in [4.69, 9.17) is 5.73 Å². The summed E-state index contributed by atoms with van der Waals surface area (Å²) in [6, 6.07) is 7.00. The Labute approximate surface area is 122 Å². The smallest absolute Gasteiger partial charge is 0.240 e. The third-order valence-corrected chi connectivity index (χ3v) is 4.71. The molecule has 20 heavy (non-hydrogen) atoms. The van der Waals surface area contributed by atoms with Crippen LogP contribution in [0.5, 0.6) is 0 Å². The highest BCUT2D eigenvalue weighted by Crippen LogP contribution is 2.11. The number of hydrogen-bond donors (Lipinski definition) is 2. The van der Waals surface area contributed by atoms with Crippen molar-refractivity contribution in [3.63, 3.8) is 0 Å². The first-order valence-electron chi connectivity index (χ1n) is 6.97. The average molecular weight is 299 g/mol. The average Bonchev–Trinajstić information content (AvgIpc) is 2.45. The molecule has 0 atom stereocenters. The maximum Gasteiger partial charge on any atom is 0.240 e. The summed E-state index contributed by atoms with van der Waals surface area (Å²) in [6.45, 7) is 4.70. The number of aryl methyl sites for hydroxylation is 1. The quantitative estimate of drug-likeness (QED) is 0.707. The summed E-state index contributed by atoms with van der Waals surface area (Å²) in [5, 5.41) is 0. The molecule has 0 spiro atoms. The van der Waals surface area contributed by atoms with Gasteiger partial charge in [-0.1, -0.05) is 19.1 Å². The van der Waals surface area contributed by atoms with Crippen LogP contribution in [-0.2, 0) is 16.4 Å². The molecule has 0 aliphatic carbocycles. The van der Waals surface area contributed by atoms with Gasteiger partial charge >= 0.3 is 0 Å². The molecular weight excluding hydrogens is 274 g/mol. The molecule has 5 nitrogen and oxygen atoms in total. The fourth-order valence-corrected chi connectivity index (χ4v) is 2.77. The molecule has 6 heteroatoms. The Hall–Kier alpha value is -0.950. The lowest BCUT2D eigenvalue weighted by atomic mass is 10.1. The van der Waals surface area contributed by atoms with Crippen molar-refractivity contribution < 1.29 is 8.42 Å². The molecule has 0 radical (unpaired) electrons. The SMILES string of the molecule is CCN(C)CCNS(=O)(=O)c1ccc(CCCN)cc1. The Kier molecular flexibility index (Phi) is 7.15. The van der Waals surface area contributed by atoms with Gasteiger partial charge in [-0.05, 0) is 50.7 Å². The van der Waals surface area contributed by atoms with Crippen LogP contribution in [0.15, 0.2) is 29.2 Å². The molecular formula is C14H25N3O2S. The highest BCUT2D eigenvalue weighted by molar-refractivity contribution is 7.89. The molecule has 1 aromatic rings. The summed E-state index contributed by atoms with van der Waals surface area (Å²) in [6.07, 6.45) is 1.79. The fraction of sp³-hybridized carbons (Fsp3) is 0.571. The number of nitrogens with zero attached hydrogens (tertiary/aromatic N) is 1. The molecule has 0 heterocycles. The molecule has 3 N–H and O–H groups in total. The number of hydrogen-bond acceptors (Lipinski definition) is 4. The standard InChI is InChI=1S/C14H25N3O2S/c1-3-17(2)12-11-16-20(18,19)14-8-6-13(7-9-14)5-4-10-15/h6-9,16H,3-5,10-12,15H2,1-2H3. The molecule has 0 unspecified atom stereocenters. The maximum absolute atomic E-state index is 12.1. The zero-order valence-corrected chi connectivity index (χ0v) is 13.1. The molecule has 1 aromatic carbocycles. The lowest BCUT2D eigenvalue weighted by molar-refractivity contribution is 0.358. The van der Waals surface area contributed by atoms with E-state index >= 15 is 0 Å². The van der Waals surface area contributed by atoms with Gasteiger partial charge in [0.15, 0.2) is 0 Å². The monoisotopic (exact) mass is 299 g/mol. The summed E-state index contributed by atoms with van der Waals surface area (Å²) in [5.41, 5.74) is 6.57. The van der Waals surface area contributed by atoms with Crippen molar-refractivity contribution in [3.05, 3.63) is 29.8 Å². The van der Waals surface area contributed by atoms with Gasteiger partial charge in [0.1, 0.15) is 0 Å². The third kappa shape index (κ3) is 5.58. The molecule has 0 bridgehead atoms. The zero-order chi connectivity index (χ0) is 15.0. The Morgan fingerprint density at radius 1 is 1.25 bits per heavy atom. The van der Waals surface area contributed by atoms with Crippen LogP contribution in [0.1, 0.15) is 18.9 Å². The van der Waals surface area contributed by atoms with Crippen molar-refractivity contribution in [1.82, 2.24) is 9.62 Å². The minimum atomic E-state index is -3.40. The van der Waals surface area contributed by atoms with E-state index in [1.807, 2.05) is 26.1 Å². The second-order valence-corrected chi connectivity index (χ2v) is 6.60. The minimum Gasteiger partial charge on any atom is -0.330 e. The molecule has 0 aliphatic heterocycles. The first-order valence-corrected chi connectivity index (χ1v) is 8.45. The van der Waals surface area contributed by atoms with Crippen molar-refractivity contribution in [2.24, 2.45) is 5.73 Å². The Morgan fingerprint density at radius 2 is 1.90 bits per heavy atom. The summed E-state index contributed by atoms with van der Waals surface area (Å²) in [4.78, 5) is 2.37. The fourth-order valence-electron chi connectivity index (χ4n) is 1.75. The van der Waals surface area contributed by atoms with Crippen molar-refractivity contribution in [2.45, 2.75) is 24.7 Å². The van der Waals surface area contributed by atoms with Crippen LogP contribution in [0.25, 0.3) is 0 Å².